The zero-order valence-electron chi connectivity index (χ0n) is 13.8. The molecule has 0 unspecified atom stereocenters. The number of para-hydroxylation sites is 2. The Balaban J connectivity index is 1.66. The number of rotatable bonds is 7. The van der Waals surface area contributed by atoms with E-state index < -0.39 is 18.7 Å². The molecule has 138 valence electrons. The summed E-state index contributed by atoms with van der Waals surface area (Å²) in [6, 6.07) is 9.56. The lowest BCUT2D eigenvalue weighted by Gasteiger charge is -2.13. The minimum atomic E-state index is -4.47. The number of anilines is 1. The van der Waals surface area contributed by atoms with E-state index in [2.05, 4.69) is 15.0 Å². The molecule has 1 aromatic heterocycles. The molecule has 0 bridgehead atoms. The summed E-state index contributed by atoms with van der Waals surface area (Å²) in [7, 11) is 0. The maximum atomic E-state index is 12.4. The number of pyridine rings is 1. The minimum absolute atomic E-state index is 0.133. The summed E-state index contributed by atoms with van der Waals surface area (Å²) in [6.07, 6.45) is -0.966. The van der Waals surface area contributed by atoms with Crippen molar-refractivity contribution in [2.45, 2.75) is 19.0 Å². The van der Waals surface area contributed by atoms with Crippen LogP contribution in [-0.4, -0.2) is 30.3 Å². The highest BCUT2D eigenvalue weighted by atomic mass is 19.4. The van der Waals surface area contributed by atoms with Gasteiger partial charge in [-0.15, -0.1) is 0 Å². The Morgan fingerprint density at radius 1 is 1.19 bits per heavy atom. The lowest BCUT2D eigenvalue weighted by molar-refractivity contribution is -0.154. The van der Waals surface area contributed by atoms with Crippen LogP contribution in [0.25, 0.3) is 0 Å². The summed E-state index contributed by atoms with van der Waals surface area (Å²) in [5.74, 6) is 0.350. The van der Waals surface area contributed by atoms with E-state index in [0.717, 1.165) is 18.9 Å². The first-order chi connectivity index (χ1) is 12.4. The first-order valence-electron chi connectivity index (χ1n) is 8.09. The molecule has 0 aliphatic heterocycles. The second kappa shape index (κ2) is 7.63. The van der Waals surface area contributed by atoms with Crippen molar-refractivity contribution in [3.63, 3.8) is 0 Å². The molecule has 0 atom stereocenters. The molecule has 3 rings (SSSR count). The topological polar surface area (TPSA) is 60.5 Å². The van der Waals surface area contributed by atoms with Crippen molar-refractivity contribution in [1.29, 1.82) is 0 Å². The number of amides is 1. The van der Waals surface area contributed by atoms with E-state index >= 15 is 0 Å². The lowest BCUT2D eigenvalue weighted by atomic mass is 10.2. The summed E-state index contributed by atoms with van der Waals surface area (Å²) in [6.45, 7) is -0.875. The molecular formula is C18H17F3N2O3. The molecule has 1 saturated carbocycles. The van der Waals surface area contributed by atoms with E-state index in [1.165, 1.54) is 12.3 Å². The average Bonchev–Trinajstić information content (AvgIpc) is 3.43. The molecular weight excluding hydrogens is 349 g/mol. The molecule has 0 radical (unpaired) electrons. The summed E-state index contributed by atoms with van der Waals surface area (Å²) in [4.78, 5) is 16.1. The fraction of sp³-hybridized carbons (Fsp3) is 0.333. The van der Waals surface area contributed by atoms with E-state index in [4.69, 9.17) is 4.74 Å². The Morgan fingerprint density at radius 2 is 1.96 bits per heavy atom. The van der Waals surface area contributed by atoms with Crippen molar-refractivity contribution in [2.24, 2.45) is 5.92 Å². The van der Waals surface area contributed by atoms with Crippen LogP contribution in [0, 0.1) is 5.92 Å². The first-order valence-corrected chi connectivity index (χ1v) is 8.09. The zero-order chi connectivity index (χ0) is 18.6. The number of carbonyl (C=O) groups is 1. The van der Waals surface area contributed by atoms with Gasteiger partial charge >= 0.3 is 6.18 Å². The Bertz CT molecular complexity index is 776. The van der Waals surface area contributed by atoms with E-state index in [1.807, 2.05) is 0 Å². The van der Waals surface area contributed by atoms with Crippen LogP contribution < -0.4 is 14.8 Å². The van der Waals surface area contributed by atoms with Gasteiger partial charge in [0.15, 0.2) is 6.61 Å². The predicted octanol–water partition coefficient (Wildman–Crippen LogP) is 4.06. The van der Waals surface area contributed by atoms with Gasteiger partial charge in [0.1, 0.15) is 5.75 Å². The number of alkyl halides is 3. The maximum absolute atomic E-state index is 12.4. The number of nitrogens with zero attached hydrogens (tertiary/aromatic N) is 1. The third-order valence-electron chi connectivity index (χ3n) is 3.69. The zero-order valence-corrected chi connectivity index (χ0v) is 13.8. The van der Waals surface area contributed by atoms with Gasteiger partial charge in [0.2, 0.25) is 5.88 Å². The fourth-order valence-corrected chi connectivity index (χ4v) is 2.17. The van der Waals surface area contributed by atoms with E-state index in [9.17, 15) is 18.0 Å². The van der Waals surface area contributed by atoms with Crippen LogP contribution in [0.4, 0.5) is 18.9 Å². The molecule has 1 aliphatic rings. The van der Waals surface area contributed by atoms with Crippen LogP contribution in [0.5, 0.6) is 11.6 Å². The smallest absolute Gasteiger partial charge is 0.422 e. The molecule has 8 heteroatoms. The van der Waals surface area contributed by atoms with Gasteiger partial charge in [-0.2, -0.15) is 13.2 Å². The normalized spacial score (nSPS) is 14.0. The van der Waals surface area contributed by atoms with Crippen molar-refractivity contribution >= 4 is 11.6 Å². The molecule has 0 spiro atoms. The Hall–Kier alpha value is -2.77. The van der Waals surface area contributed by atoms with Crippen LogP contribution in [-0.2, 0) is 0 Å². The average molecular weight is 366 g/mol. The van der Waals surface area contributed by atoms with Gasteiger partial charge in [-0.25, -0.2) is 4.98 Å². The highest BCUT2D eigenvalue weighted by Gasteiger charge is 2.28. The number of nitrogens with one attached hydrogen (secondary N) is 1. The molecule has 1 heterocycles. The SMILES string of the molecule is O=C(Nc1ccccc1OCC1CC1)c1ccnc(OCC(F)(F)F)c1. The maximum Gasteiger partial charge on any atom is 0.422 e. The number of aromatic nitrogens is 1. The molecule has 1 aliphatic carbocycles. The number of benzene rings is 1. The molecule has 1 amide bonds. The summed E-state index contributed by atoms with van der Waals surface area (Å²) in [5.41, 5.74) is 0.627. The summed E-state index contributed by atoms with van der Waals surface area (Å²) >= 11 is 0. The van der Waals surface area contributed by atoms with E-state index in [1.54, 1.807) is 24.3 Å². The van der Waals surface area contributed by atoms with Crippen molar-refractivity contribution in [3.8, 4) is 11.6 Å². The minimum Gasteiger partial charge on any atom is -0.491 e. The lowest BCUT2D eigenvalue weighted by Crippen LogP contribution is -2.20. The number of hydrogen-bond donors (Lipinski definition) is 1. The molecule has 1 aromatic carbocycles. The van der Waals surface area contributed by atoms with Crippen molar-refractivity contribution < 1.29 is 27.4 Å². The standard InChI is InChI=1S/C18H17F3N2O3/c19-18(20,21)11-26-16-9-13(7-8-22-16)17(24)23-14-3-1-2-4-15(14)25-10-12-5-6-12/h1-4,7-9,12H,5-6,10-11H2,(H,23,24). The van der Waals surface area contributed by atoms with Crippen LogP contribution in [0.1, 0.15) is 23.2 Å². The third kappa shape index (κ3) is 5.37. The predicted molar refractivity (Wildman–Crippen MR) is 88.4 cm³/mol. The monoisotopic (exact) mass is 366 g/mol. The highest BCUT2D eigenvalue weighted by molar-refractivity contribution is 6.05. The van der Waals surface area contributed by atoms with Crippen molar-refractivity contribution in [2.75, 3.05) is 18.5 Å². The summed E-state index contributed by atoms with van der Waals surface area (Å²) < 4.78 is 46.9. The first kappa shape index (κ1) is 18.0. The largest absolute Gasteiger partial charge is 0.491 e. The summed E-state index contributed by atoms with van der Waals surface area (Å²) in [5, 5.41) is 2.70. The van der Waals surface area contributed by atoms with Gasteiger partial charge in [0.25, 0.3) is 5.91 Å². The van der Waals surface area contributed by atoms with Gasteiger partial charge in [-0.05, 0) is 37.0 Å². The van der Waals surface area contributed by atoms with Gasteiger partial charge in [0.05, 0.1) is 12.3 Å². The highest BCUT2D eigenvalue weighted by Crippen LogP contribution is 2.32. The molecule has 26 heavy (non-hydrogen) atoms. The van der Waals surface area contributed by atoms with Gasteiger partial charge in [-0.3, -0.25) is 4.79 Å². The Labute approximate surface area is 148 Å². The second-order valence-corrected chi connectivity index (χ2v) is 5.99. The fourth-order valence-electron chi connectivity index (χ4n) is 2.17. The van der Waals surface area contributed by atoms with Crippen molar-refractivity contribution in [1.82, 2.24) is 4.98 Å². The Kier molecular flexibility index (Phi) is 5.29. The van der Waals surface area contributed by atoms with Gasteiger partial charge in [0, 0.05) is 17.8 Å². The third-order valence-corrected chi connectivity index (χ3v) is 3.69. The second-order valence-electron chi connectivity index (χ2n) is 5.99. The number of carbonyl (C=O) groups excluding carboxylic acids is 1. The molecule has 2 aromatic rings. The molecule has 0 saturated heterocycles. The van der Waals surface area contributed by atoms with Crippen LogP contribution in [0.15, 0.2) is 42.6 Å². The Morgan fingerprint density at radius 3 is 2.69 bits per heavy atom. The number of hydrogen-bond acceptors (Lipinski definition) is 4. The molecule has 5 nitrogen and oxygen atoms in total. The van der Waals surface area contributed by atoms with Gasteiger partial charge in [-0.1, -0.05) is 12.1 Å². The van der Waals surface area contributed by atoms with Crippen molar-refractivity contribution in [3.05, 3.63) is 48.2 Å². The van der Waals surface area contributed by atoms with Crippen LogP contribution in [0.3, 0.4) is 0 Å². The van der Waals surface area contributed by atoms with Gasteiger partial charge < -0.3 is 14.8 Å². The van der Waals surface area contributed by atoms with Crippen LogP contribution in [0.2, 0.25) is 0 Å². The van der Waals surface area contributed by atoms with Crippen LogP contribution >= 0.6 is 0 Å². The van der Waals surface area contributed by atoms with E-state index in [-0.39, 0.29) is 11.4 Å². The molecule has 1 N–H and O–H groups in total. The molecule has 1 fully saturated rings. The van der Waals surface area contributed by atoms with E-state index in [0.29, 0.717) is 24.0 Å². The quantitative estimate of drug-likeness (QED) is 0.803. The number of halogens is 3. The number of ether oxygens (including phenoxy) is 2.